The van der Waals surface area contributed by atoms with E-state index in [9.17, 15) is 38.5 Å². The van der Waals surface area contributed by atoms with Crippen LogP contribution in [0.3, 0.4) is 0 Å². The van der Waals surface area contributed by atoms with Crippen LogP contribution in [0, 0.1) is 0 Å². The number of phosphoric acid groups is 3. The number of aromatic nitrogens is 4. The summed E-state index contributed by atoms with van der Waals surface area (Å²) in [7, 11) is -16.9. The molecule has 1 aliphatic heterocycles. The lowest BCUT2D eigenvalue weighted by Gasteiger charge is -2.19. The molecule has 250 valence electrons. The second-order valence-corrected chi connectivity index (χ2v) is 13.9. The number of nitrogens with one attached hydrogen (secondary N) is 1. The van der Waals surface area contributed by atoms with E-state index in [1.165, 1.54) is 16.7 Å². The maximum atomic E-state index is 13.0. The molecule has 0 saturated carbocycles. The first-order chi connectivity index (χ1) is 22.1. The number of rotatable bonds is 12. The minimum Gasteiger partial charge on any atom is -0.387 e. The van der Waals surface area contributed by atoms with Crippen molar-refractivity contribution in [3.8, 4) is 0 Å². The van der Waals surface area contributed by atoms with Crippen molar-refractivity contribution in [1.29, 1.82) is 0 Å². The Morgan fingerprint density at radius 1 is 0.872 bits per heavy atom. The summed E-state index contributed by atoms with van der Waals surface area (Å²) in [6.07, 6.45) is -4.18. The summed E-state index contributed by atoms with van der Waals surface area (Å²) in [6.45, 7) is -1.02. The molecule has 5 rings (SSSR count). The van der Waals surface area contributed by atoms with E-state index in [-0.39, 0.29) is 22.5 Å². The van der Waals surface area contributed by atoms with Gasteiger partial charge in [-0.25, -0.2) is 28.6 Å². The molecule has 2 unspecified atom stereocenters. The zero-order valence-electron chi connectivity index (χ0n) is 23.3. The van der Waals surface area contributed by atoms with Crippen LogP contribution < -0.4 is 5.32 Å². The molecule has 4 aromatic rings. The van der Waals surface area contributed by atoms with Gasteiger partial charge in [0.1, 0.15) is 24.6 Å². The van der Waals surface area contributed by atoms with E-state index in [2.05, 4.69) is 43.6 Å². The van der Waals surface area contributed by atoms with Crippen LogP contribution in [0.4, 0.5) is 17.2 Å². The Morgan fingerprint density at radius 2 is 1.53 bits per heavy atom. The van der Waals surface area contributed by atoms with E-state index in [1.54, 1.807) is 24.3 Å². The molecule has 1 amide bonds. The van der Waals surface area contributed by atoms with Gasteiger partial charge in [-0.2, -0.15) is 18.8 Å². The molecule has 1 saturated heterocycles. The second-order valence-electron chi connectivity index (χ2n) is 9.52. The molecule has 2 aromatic carbocycles. The number of imidazole rings is 1. The molecule has 0 spiro atoms. The second kappa shape index (κ2) is 13.8. The Morgan fingerprint density at radius 3 is 2.19 bits per heavy atom. The molecule has 1 fully saturated rings. The van der Waals surface area contributed by atoms with Crippen molar-refractivity contribution >= 4 is 57.7 Å². The number of ether oxygens (including phenoxy) is 1. The lowest BCUT2D eigenvalue weighted by Crippen LogP contribution is -2.33. The highest BCUT2D eigenvalue weighted by Gasteiger charge is 2.47. The van der Waals surface area contributed by atoms with Crippen LogP contribution in [0.25, 0.3) is 11.2 Å². The summed E-state index contributed by atoms with van der Waals surface area (Å²) in [5.41, 5.74) is 1.52. The molecule has 6 atom stereocenters. The maximum absolute atomic E-state index is 13.0. The van der Waals surface area contributed by atoms with Gasteiger partial charge >= 0.3 is 23.5 Å². The van der Waals surface area contributed by atoms with Crippen LogP contribution in [0.5, 0.6) is 0 Å². The summed E-state index contributed by atoms with van der Waals surface area (Å²) in [6, 6.07) is 15.3. The molecule has 1 aliphatic rings. The van der Waals surface area contributed by atoms with Crippen LogP contribution in [0.2, 0.25) is 0 Å². The fourth-order valence-electron chi connectivity index (χ4n) is 4.17. The van der Waals surface area contributed by atoms with Gasteiger partial charge in [0.25, 0.3) is 5.91 Å². The summed E-state index contributed by atoms with van der Waals surface area (Å²) in [4.78, 5) is 61.5. The molecule has 2 aromatic heterocycles. The number of aliphatic hydroxyl groups excluding tert-OH is 2. The molecule has 0 bridgehead atoms. The Balaban J connectivity index is 1.24. The van der Waals surface area contributed by atoms with Crippen molar-refractivity contribution in [1.82, 2.24) is 19.5 Å². The van der Waals surface area contributed by atoms with E-state index < -0.39 is 60.5 Å². The number of phosphoric ester groups is 1. The minimum atomic E-state index is -5.77. The maximum Gasteiger partial charge on any atom is 0.490 e. The first-order valence-corrected chi connectivity index (χ1v) is 17.5. The van der Waals surface area contributed by atoms with Crippen molar-refractivity contribution in [2.75, 3.05) is 11.9 Å². The third kappa shape index (κ3) is 8.83. The number of amides is 1. The van der Waals surface area contributed by atoms with Gasteiger partial charge in [-0.15, -0.1) is 0 Å². The largest absolute Gasteiger partial charge is 0.490 e. The number of anilines is 1. The number of azo groups is 1. The normalized spacial score (nSPS) is 22.7. The standard InChI is InChI=1S/C23H24N7O14P3/c31-18-16(10-41-46(37,38)44-47(39,40)43-45(34,35)36)42-23(19(18)32)30-12-26-17-20(24-11-25-21(17)30)27-22(33)13-6-8-15(9-7-13)29-28-14-4-2-1-3-5-14/h1-9,11-12,16,18-19,23,31-32H,10H2,(H,37,38)(H,39,40)(H2,34,35,36)(H,24,25,27,33)/t16-,18-,19-,23-/m1/s1. The summed E-state index contributed by atoms with van der Waals surface area (Å²) >= 11 is 0. The summed E-state index contributed by atoms with van der Waals surface area (Å²) in [5.74, 6) is -0.561. The molecule has 21 nitrogen and oxygen atoms in total. The molecule has 3 heterocycles. The van der Waals surface area contributed by atoms with E-state index in [1.807, 2.05) is 18.2 Å². The molecule has 0 radical (unpaired) electrons. The van der Waals surface area contributed by atoms with Crippen molar-refractivity contribution in [3.63, 3.8) is 0 Å². The number of hydrogen-bond acceptors (Lipinski definition) is 15. The third-order valence-corrected chi connectivity index (χ3v) is 9.99. The fourth-order valence-corrected chi connectivity index (χ4v) is 7.20. The van der Waals surface area contributed by atoms with E-state index in [0.29, 0.717) is 11.4 Å². The highest BCUT2D eigenvalue weighted by atomic mass is 31.3. The molecule has 47 heavy (non-hydrogen) atoms. The van der Waals surface area contributed by atoms with Gasteiger partial charge in [-0.05, 0) is 36.4 Å². The van der Waals surface area contributed by atoms with Gasteiger partial charge in [0.15, 0.2) is 23.2 Å². The molecular weight excluding hydrogens is 691 g/mol. The van der Waals surface area contributed by atoms with Crippen LogP contribution >= 0.6 is 23.5 Å². The summed E-state index contributed by atoms with van der Waals surface area (Å²) in [5, 5.41) is 31.9. The Bertz CT molecular complexity index is 1920. The Kier molecular flexibility index (Phi) is 10.2. The SMILES string of the molecule is O=C(Nc1ncnc2c1ncn2[C@@H]1O[C@H](COP(=O)(O)OP(=O)(O)OP(=O)(O)O)[C@@H](O)[C@H]1O)c1ccc(N=Nc2ccccc2)cc1. The average Bonchev–Trinajstić information content (AvgIpc) is 3.55. The van der Waals surface area contributed by atoms with Crippen molar-refractivity contribution in [2.24, 2.45) is 10.2 Å². The lowest BCUT2D eigenvalue weighted by atomic mass is 10.1. The molecular formula is C23H24N7O14P3. The highest BCUT2D eigenvalue weighted by Crippen LogP contribution is 2.66. The zero-order chi connectivity index (χ0) is 34.0. The zero-order valence-corrected chi connectivity index (χ0v) is 26.0. The van der Waals surface area contributed by atoms with E-state index in [0.717, 1.165) is 12.7 Å². The number of aliphatic hydroxyl groups is 2. The van der Waals surface area contributed by atoms with Gasteiger partial charge in [0.05, 0.1) is 24.3 Å². The van der Waals surface area contributed by atoms with E-state index >= 15 is 0 Å². The van der Waals surface area contributed by atoms with Crippen LogP contribution in [-0.2, 0) is 31.6 Å². The van der Waals surface area contributed by atoms with Crippen LogP contribution in [-0.4, -0.2) is 80.1 Å². The number of fused-ring (bicyclic) bond motifs is 1. The molecule has 24 heteroatoms. The van der Waals surface area contributed by atoms with Gasteiger partial charge in [-0.1, -0.05) is 18.2 Å². The Labute approximate surface area is 263 Å². The van der Waals surface area contributed by atoms with Gasteiger partial charge in [-0.3, -0.25) is 13.9 Å². The molecule has 7 N–H and O–H groups in total. The van der Waals surface area contributed by atoms with Gasteiger partial charge in [0.2, 0.25) is 0 Å². The van der Waals surface area contributed by atoms with Gasteiger partial charge in [0, 0.05) is 5.56 Å². The summed E-state index contributed by atoms with van der Waals surface area (Å²) < 4.78 is 52.8. The number of nitrogens with zero attached hydrogens (tertiary/aromatic N) is 6. The quantitative estimate of drug-likeness (QED) is 0.0818. The van der Waals surface area contributed by atoms with Crippen molar-refractivity contribution < 1.29 is 66.2 Å². The first kappa shape index (κ1) is 34.7. The smallest absolute Gasteiger partial charge is 0.387 e. The predicted molar refractivity (Wildman–Crippen MR) is 156 cm³/mol. The van der Waals surface area contributed by atoms with Crippen LogP contribution in [0.1, 0.15) is 16.6 Å². The predicted octanol–water partition coefficient (Wildman–Crippen LogP) is 2.46. The van der Waals surface area contributed by atoms with Crippen LogP contribution in [0.15, 0.2) is 77.5 Å². The van der Waals surface area contributed by atoms with Crippen molar-refractivity contribution in [3.05, 3.63) is 72.8 Å². The topological polar surface area (TPSA) is 307 Å². The lowest BCUT2D eigenvalue weighted by molar-refractivity contribution is -0.0503. The molecule has 0 aliphatic carbocycles. The monoisotopic (exact) mass is 715 g/mol. The highest BCUT2D eigenvalue weighted by molar-refractivity contribution is 7.66. The first-order valence-electron chi connectivity index (χ1n) is 13.0. The van der Waals surface area contributed by atoms with E-state index in [4.69, 9.17) is 14.5 Å². The number of carbonyl (C=O) groups is 1. The number of carbonyl (C=O) groups excluding carboxylic acids is 1. The number of hydrogen-bond donors (Lipinski definition) is 7. The number of benzene rings is 2. The minimum absolute atomic E-state index is 0.0103. The third-order valence-electron chi connectivity index (χ3n) is 6.19. The van der Waals surface area contributed by atoms with Gasteiger partial charge < -0.3 is 39.8 Å². The Hall–Kier alpha value is -3.65. The average molecular weight is 715 g/mol. The fraction of sp³-hybridized carbons (Fsp3) is 0.217. The van der Waals surface area contributed by atoms with Crippen molar-refractivity contribution in [2.45, 2.75) is 24.5 Å².